The van der Waals surface area contributed by atoms with Gasteiger partial charge in [-0.25, -0.2) is 0 Å². The number of hydrogen-bond acceptors (Lipinski definition) is 3. The molecule has 0 radical (unpaired) electrons. The van der Waals surface area contributed by atoms with Gasteiger partial charge in [0.1, 0.15) is 5.60 Å². The molecule has 0 aromatic carbocycles. The van der Waals surface area contributed by atoms with Crippen LogP contribution >= 0.6 is 0 Å². The first-order chi connectivity index (χ1) is 5.94. The van der Waals surface area contributed by atoms with Crippen molar-refractivity contribution in [1.29, 1.82) is 0 Å². The second-order valence-electron chi connectivity index (χ2n) is 3.59. The Bertz CT molecular complexity index is 169. The van der Waals surface area contributed by atoms with Crippen molar-refractivity contribution in [3.8, 4) is 0 Å². The Kier molecular flexibility index (Phi) is 4.95. The molecule has 0 aliphatic carbocycles. The molecule has 1 unspecified atom stereocenters. The summed E-state index contributed by atoms with van der Waals surface area (Å²) in [6.45, 7) is 5.93. The van der Waals surface area contributed by atoms with Crippen LogP contribution in [0, 0.1) is 0 Å². The predicted molar refractivity (Wildman–Crippen MR) is 52.4 cm³/mol. The third-order valence-corrected chi connectivity index (χ3v) is 2.11. The maximum absolute atomic E-state index is 11.4. The van der Waals surface area contributed by atoms with Gasteiger partial charge in [-0.15, -0.1) is 0 Å². The van der Waals surface area contributed by atoms with E-state index in [-0.39, 0.29) is 11.9 Å². The third-order valence-electron chi connectivity index (χ3n) is 2.11. The van der Waals surface area contributed by atoms with Crippen LogP contribution in [0.3, 0.4) is 0 Å². The zero-order valence-electron chi connectivity index (χ0n) is 8.89. The summed E-state index contributed by atoms with van der Waals surface area (Å²) in [7, 11) is 1.51. The van der Waals surface area contributed by atoms with Gasteiger partial charge in [0.2, 0.25) is 0 Å². The van der Waals surface area contributed by atoms with E-state index >= 15 is 0 Å². The molecule has 0 aliphatic heterocycles. The van der Waals surface area contributed by atoms with E-state index in [1.54, 1.807) is 13.8 Å². The van der Waals surface area contributed by atoms with Crippen LogP contribution in [0.4, 0.5) is 0 Å². The van der Waals surface area contributed by atoms with Gasteiger partial charge >= 0.3 is 0 Å². The Morgan fingerprint density at radius 2 is 2.15 bits per heavy atom. The van der Waals surface area contributed by atoms with E-state index in [0.29, 0.717) is 6.54 Å². The maximum atomic E-state index is 11.4. The highest BCUT2D eigenvalue weighted by Crippen LogP contribution is 2.06. The molecule has 0 rings (SSSR count). The number of methoxy groups -OCH3 is 1. The summed E-state index contributed by atoms with van der Waals surface area (Å²) in [5.74, 6) is -0.126. The highest BCUT2D eigenvalue weighted by molar-refractivity contribution is 5.84. The summed E-state index contributed by atoms with van der Waals surface area (Å²) in [5.41, 5.74) is 4.88. The normalized spacial score (nSPS) is 13.9. The number of carbonyl (C=O) groups excluding carboxylic acids is 1. The molecule has 0 saturated carbocycles. The highest BCUT2D eigenvalue weighted by atomic mass is 16.5. The third kappa shape index (κ3) is 4.24. The lowest BCUT2D eigenvalue weighted by molar-refractivity contribution is -0.139. The minimum absolute atomic E-state index is 0.0246. The molecule has 3 N–H and O–H groups in total. The smallest absolute Gasteiger partial charge is 0.251 e. The highest BCUT2D eigenvalue weighted by Gasteiger charge is 2.26. The van der Waals surface area contributed by atoms with Crippen LogP contribution in [0.25, 0.3) is 0 Å². The van der Waals surface area contributed by atoms with E-state index < -0.39 is 5.60 Å². The molecule has 0 fully saturated rings. The van der Waals surface area contributed by atoms with Gasteiger partial charge in [0.05, 0.1) is 0 Å². The van der Waals surface area contributed by atoms with Crippen LogP contribution in [0.15, 0.2) is 0 Å². The number of ether oxygens (including phenoxy) is 1. The van der Waals surface area contributed by atoms with Crippen molar-refractivity contribution in [2.45, 2.75) is 38.8 Å². The SMILES string of the molecule is CCC(N)CNC(=O)C(C)(C)OC. The number of rotatable bonds is 5. The van der Waals surface area contributed by atoms with Gasteiger partial charge < -0.3 is 15.8 Å². The molecule has 0 aliphatic rings. The average Bonchev–Trinajstić information content (AvgIpc) is 2.13. The van der Waals surface area contributed by atoms with Crippen LogP contribution in [0.2, 0.25) is 0 Å². The summed E-state index contributed by atoms with van der Waals surface area (Å²) in [6.07, 6.45) is 0.855. The van der Waals surface area contributed by atoms with Crippen LogP contribution in [0.5, 0.6) is 0 Å². The molecule has 78 valence electrons. The lowest BCUT2D eigenvalue weighted by Crippen LogP contribution is -2.47. The molecule has 4 nitrogen and oxygen atoms in total. The van der Waals surface area contributed by atoms with E-state index in [0.717, 1.165) is 6.42 Å². The first-order valence-corrected chi connectivity index (χ1v) is 4.53. The maximum Gasteiger partial charge on any atom is 0.251 e. The molecule has 0 saturated heterocycles. The molecule has 1 atom stereocenters. The van der Waals surface area contributed by atoms with Crippen LogP contribution in [-0.4, -0.2) is 31.2 Å². The fraction of sp³-hybridized carbons (Fsp3) is 0.889. The van der Waals surface area contributed by atoms with Gasteiger partial charge in [-0.2, -0.15) is 0 Å². The molecule has 13 heavy (non-hydrogen) atoms. The van der Waals surface area contributed by atoms with Crippen LogP contribution in [-0.2, 0) is 9.53 Å². The quantitative estimate of drug-likeness (QED) is 0.650. The van der Waals surface area contributed by atoms with Crippen molar-refractivity contribution < 1.29 is 9.53 Å². The molecule has 0 spiro atoms. The molecular formula is C9H20N2O2. The van der Waals surface area contributed by atoms with E-state index in [1.807, 2.05) is 6.92 Å². The first kappa shape index (κ1) is 12.4. The Morgan fingerprint density at radius 1 is 1.62 bits per heavy atom. The topological polar surface area (TPSA) is 64.3 Å². The van der Waals surface area contributed by atoms with Gasteiger partial charge in [-0.1, -0.05) is 6.92 Å². The van der Waals surface area contributed by atoms with Gasteiger partial charge in [0, 0.05) is 19.7 Å². The second kappa shape index (κ2) is 5.19. The first-order valence-electron chi connectivity index (χ1n) is 4.53. The van der Waals surface area contributed by atoms with Crippen molar-refractivity contribution in [1.82, 2.24) is 5.32 Å². The molecule has 0 aromatic heterocycles. The van der Waals surface area contributed by atoms with Crippen LogP contribution in [0.1, 0.15) is 27.2 Å². The fourth-order valence-electron chi connectivity index (χ4n) is 0.674. The summed E-state index contributed by atoms with van der Waals surface area (Å²) < 4.78 is 5.01. The van der Waals surface area contributed by atoms with E-state index in [2.05, 4.69) is 5.32 Å². The summed E-state index contributed by atoms with van der Waals surface area (Å²) >= 11 is 0. The van der Waals surface area contributed by atoms with Crippen molar-refractivity contribution in [3.05, 3.63) is 0 Å². The molecule has 0 bridgehead atoms. The lowest BCUT2D eigenvalue weighted by atomic mass is 10.1. The van der Waals surface area contributed by atoms with Gasteiger partial charge in [-0.3, -0.25) is 4.79 Å². The van der Waals surface area contributed by atoms with Crippen LogP contribution < -0.4 is 11.1 Å². The van der Waals surface area contributed by atoms with E-state index in [4.69, 9.17) is 10.5 Å². The number of hydrogen-bond donors (Lipinski definition) is 2. The second-order valence-corrected chi connectivity index (χ2v) is 3.59. The zero-order valence-corrected chi connectivity index (χ0v) is 8.89. The Hall–Kier alpha value is -0.610. The Balaban J connectivity index is 3.88. The molecule has 0 aromatic rings. The zero-order chi connectivity index (χ0) is 10.5. The largest absolute Gasteiger partial charge is 0.369 e. The Morgan fingerprint density at radius 3 is 2.54 bits per heavy atom. The molecule has 4 heteroatoms. The number of amides is 1. The number of nitrogens with one attached hydrogen (secondary N) is 1. The molecule has 0 heterocycles. The number of carbonyl (C=O) groups is 1. The van der Waals surface area contributed by atoms with Gasteiger partial charge in [-0.05, 0) is 20.3 Å². The molecule has 1 amide bonds. The van der Waals surface area contributed by atoms with E-state index in [9.17, 15) is 4.79 Å². The average molecular weight is 188 g/mol. The molecular weight excluding hydrogens is 168 g/mol. The summed E-state index contributed by atoms with van der Waals surface area (Å²) in [6, 6.07) is 0.0246. The summed E-state index contributed by atoms with van der Waals surface area (Å²) in [4.78, 5) is 11.4. The Labute approximate surface area is 79.8 Å². The fourth-order valence-corrected chi connectivity index (χ4v) is 0.674. The van der Waals surface area contributed by atoms with Crippen molar-refractivity contribution in [3.63, 3.8) is 0 Å². The van der Waals surface area contributed by atoms with Crippen molar-refractivity contribution >= 4 is 5.91 Å². The summed E-state index contributed by atoms with van der Waals surface area (Å²) in [5, 5.41) is 2.74. The lowest BCUT2D eigenvalue weighted by Gasteiger charge is -2.22. The minimum atomic E-state index is -0.770. The van der Waals surface area contributed by atoms with Crippen molar-refractivity contribution in [2.75, 3.05) is 13.7 Å². The predicted octanol–water partition coefficient (Wildman–Crippen LogP) is 0.265. The minimum Gasteiger partial charge on any atom is -0.369 e. The monoisotopic (exact) mass is 188 g/mol. The van der Waals surface area contributed by atoms with E-state index in [1.165, 1.54) is 7.11 Å². The van der Waals surface area contributed by atoms with Gasteiger partial charge in [0.15, 0.2) is 0 Å². The van der Waals surface area contributed by atoms with Gasteiger partial charge in [0.25, 0.3) is 5.91 Å². The number of nitrogens with two attached hydrogens (primary N) is 1. The van der Waals surface area contributed by atoms with Crippen molar-refractivity contribution in [2.24, 2.45) is 5.73 Å². The standard InChI is InChI=1S/C9H20N2O2/c1-5-7(10)6-11-8(12)9(2,3)13-4/h7H,5-6,10H2,1-4H3,(H,11,12).